The highest BCUT2D eigenvalue weighted by Crippen LogP contribution is 2.35. The van der Waals surface area contributed by atoms with Crippen LogP contribution in [0.5, 0.6) is 0 Å². The lowest BCUT2D eigenvalue weighted by Crippen LogP contribution is -2.38. The van der Waals surface area contributed by atoms with Crippen LogP contribution in [-0.4, -0.2) is 34.2 Å². The number of likely N-dealkylation sites (tertiary alicyclic amines) is 1. The van der Waals surface area contributed by atoms with Crippen molar-refractivity contribution in [3.63, 3.8) is 0 Å². The van der Waals surface area contributed by atoms with Crippen LogP contribution in [0.1, 0.15) is 12.8 Å². The largest absolute Gasteiger partial charge is 0.300 e. The van der Waals surface area contributed by atoms with Crippen molar-refractivity contribution in [2.75, 3.05) is 11.9 Å². The van der Waals surface area contributed by atoms with Crippen LogP contribution in [-0.2, 0) is 14.4 Å². The molecule has 0 spiro atoms. The summed E-state index contributed by atoms with van der Waals surface area (Å²) in [5.41, 5.74) is 0.806. The van der Waals surface area contributed by atoms with Crippen molar-refractivity contribution in [2.45, 2.75) is 12.8 Å². The van der Waals surface area contributed by atoms with Crippen LogP contribution in [0, 0.1) is 11.8 Å². The molecule has 2 aromatic rings. The van der Waals surface area contributed by atoms with Crippen molar-refractivity contribution in [1.29, 1.82) is 0 Å². The molecule has 2 aliphatic rings. The number of fused-ring (bicyclic) bond motifs is 1. The van der Waals surface area contributed by atoms with Crippen molar-refractivity contribution in [2.24, 2.45) is 11.8 Å². The van der Waals surface area contributed by atoms with Gasteiger partial charge in [0.15, 0.2) is 5.13 Å². The quantitative estimate of drug-likeness (QED) is 0.660. The lowest BCUT2D eigenvalue weighted by atomic mass is 9.85. The van der Waals surface area contributed by atoms with E-state index in [0.717, 1.165) is 15.5 Å². The summed E-state index contributed by atoms with van der Waals surface area (Å²) in [7, 11) is 0. The molecule has 4 rings (SSSR count). The number of nitrogens with zero attached hydrogens (tertiary/aromatic N) is 2. The minimum atomic E-state index is -0.402. The van der Waals surface area contributed by atoms with Crippen LogP contribution in [0.2, 0.25) is 0 Å². The zero-order valence-electron chi connectivity index (χ0n) is 13.2. The third-order valence-corrected chi connectivity index (χ3v) is 6.07. The summed E-state index contributed by atoms with van der Waals surface area (Å²) in [4.78, 5) is 43.5. The van der Waals surface area contributed by atoms with E-state index in [4.69, 9.17) is 0 Å². The van der Waals surface area contributed by atoms with Crippen molar-refractivity contribution in [1.82, 2.24) is 9.88 Å². The third kappa shape index (κ3) is 3.03. The molecule has 2 aromatic heterocycles. The molecule has 128 valence electrons. The first-order chi connectivity index (χ1) is 12.1. The number of hydrogen-bond acceptors (Lipinski definition) is 6. The van der Waals surface area contributed by atoms with Crippen molar-refractivity contribution < 1.29 is 14.4 Å². The molecule has 1 aliphatic carbocycles. The number of thiophene rings is 1. The Balaban J connectivity index is 1.41. The van der Waals surface area contributed by atoms with Crippen molar-refractivity contribution in [3.8, 4) is 10.6 Å². The van der Waals surface area contributed by atoms with Crippen LogP contribution in [0.25, 0.3) is 10.6 Å². The zero-order valence-corrected chi connectivity index (χ0v) is 14.8. The van der Waals surface area contributed by atoms with E-state index in [1.165, 1.54) is 11.3 Å². The minimum Gasteiger partial charge on any atom is -0.300 e. The highest BCUT2D eigenvalue weighted by molar-refractivity contribution is 7.16. The van der Waals surface area contributed by atoms with Crippen LogP contribution in [0.3, 0.4) is 0 Å². The average Bonchev–Trinajstić information content (AvgIpc) is 3.33. The highest BCUT2D eigenvalue weighted by atomic mass is 32.1. The fourth-order valence-electron chi connectivity index (χ4n) is 3.20. The molecule has 1 N–H and O–H groups in total. The van der Waals surface area contributed by atoms with E-state index in [0.29, 0.717) is 18.0 Å². The monoisotopic (exact) mass is 373 g/mol. The summed E-state index contributed by atoms with van der Waals surface area (Å²) in [5, 5.41) is 6.98. The predicted molar refractivity (Wildman–Crippen MR) is 96.1 cm³/mol. The maximum Gasteiger partial charge on any atom is 0.246 e. The summed E-state index contributed by atoms with van der Waals surface area (Å²) in [6.07, 6.45) is 5.00. The number of nitrogens with one attached hydrogen (secondary N) is 1. The van der Waals surface area contributed by atoms with Gasteiger partial charge in [0.05, 0.1) is 22.4 Å². The molecule has 1 saturated heterocycles. The predicted octanol–water partition coefficient (Wildman–Crippen LogP) is 2.76. The smallest absolute Gasteiger partial charge is 0.246 e. The summed E-state index contributed by atoms with van der Waals surface area (Å²) in [6.45, 7) is -0.251. The topological polar surface area (TPSA) is 79.4 Å². The van der Waals surface area contributed by atoms with Gasteiger partial charge >= 0.3 is 0 Å². The summed E-state index contributed by atoms with van der Waals surface area (Å²) in [5.74, 6) is -1.51. The van der Waals surface area contributed by atoms with Gasteiger partial charge in [-0.3, -0.25) is 19.3 Å². The van der Waals surface area contributed by atoms with E-state index in [9.17, 15) is 14.4 Å². The Labute approximate surface area is 152 Å². The first-order valence-corrected chi connectivity index (χ1v) is 9.69. The number of thiazole rings is 1. The molecular weight excluding hydrogens is 358 g/mol. The average molecular weight is 373 g/mol. The van der Waals surface area contributed by atoms with Crippen LogP contribution in [0.15, 0.2) is 35.0 Å². The van der Waals surface area contributed by atoms with E-state index in [2.05, 4.69) is 10.3 Å². The van der Waals surface area contributed by atoms with Crippen molar-refractivity contribution >= 4 is 45.5 Å². The van der Waals surface area contributed by atoms with Gasteiger partial charge in [0.2, 0.25) is 17.7 Å². The maximum atomic E-state index is 12.4. The van der Waals surface area contributed by atoms with E-state index in [1.54, 1.807) is 11.3 Å². The molecule has 0 bridgehead atoms. The van der Waals surface area contributed by atoms with E-state index in [1.807, 2.05) is 35.0 Å². The molecule has 0 aromatic carbocycles. The molecule has 0 saturated carbocycles. The SMILES string of the molecule is O=C(CN1C(=O)[C@H]2CC=CC[C@@H]2C1=O)Nc1nc(-c2cccs2)cs1. The fourth-order valence-corrected chi connectivity index (χ4v) is 4.68. The highest BCUT2D eigenvalue weighted by Gasteiger charge is 2.47. The number of aromatic nitrogens is 1. The number of anilines is 1. The van der Waals surface area contributed by atoms with Gasteiger partial charge in [-0.1, -0.05) is 18.2 Å². The van der Waals surface area contributed by atoms with Crippen molar-refractivity contribution in [3.05, 3.63) is 35.0 Å². The number of imide groups is 1. The van der Waals surface area contributed by atoms with Gasteiger partial charge in [-0.2, -0.15) is 0 Å². The first kappa shape index (κ1) is 16.2. The molecule has 1 fully saturated rings. The number of amides is 3. The fraction of sp³-hybridized carbons (Fsp3) is 0.294. The van der Waals surface area contributed by atoms with E-state index in [-0.39, 0.29) is 30.2 Å². The van der Waals surface area contributed by atoms with Gasteiger partial charge in [0, 0.05) is 5.38 Å². The Morgan fingerprint density at radius 2 is 1.92 bits per heavy atom. The van der Waals surface area contributed by atoms with Gasteiger partial charge < -0.3 is 5.32 Å². The Kier molecular flexibility index (Phi) is 4.22. The molecule has 0 unspecified atom stereocenters. The van der Waals surface area contributed by atoms with E-state index >= 15 is 0 Å². The Morgan fingerprint density at radius 3 is 2.56 bits per heavy atom. The number of carbonyl (C=O) groups is 3. The molecule has 3 heterocycles. The van der Waals surface area contributed by atoms with Gasteiger partial charge in [0.1, 0.15) is 6.54 Å². The second-order valence-electron chi connectivity index (χ2n) is 5.98. The Bertz CT molecular complexity index is 830. The van der Waals surface area contributed by atoms with Crippen LogP contribution < -0.4 is 5.32 Å². The molecule has 0 radical (unpaired) electrons. The maximum absolute atomic E-state index is 12.4. The van der Waals surface area contributed by atoms with Crippen LogP contribution in [0.4, 0.5) is 5.13 Å². The van der Waals surface area contributed by atoms with E-state index < -0.39 is 5.91 Å². The minimum absolute atomic E-state index is 0.243. The summed E-state index contributed by atoms with van der Waals surface area (Å²) >= 11 is 2.90. The summed E-state index contributed by atoms with van der Waals surface area (Å²) in [6, 6.07) is 3.90. The molecule has 1 aliphatic heterocycles. The van der Waals surface area contributed by atoms with Crippen LogP contribution >= 0.6 is 22.7 Å². The summed E-state index contributed by atoms with van der Waals surface area (Å²) < 4.78 is 0. The number of allylic oxidation sites excluding steroid dienone is 2. The molecular formula is C17H15N3O3S2. The molecule has 8 heteroatoms. The van der Waals surface area contributed by atoms with Gasteiger partial charge in [-0.25, -0.2) is 4.98 Å². The van der Waals surface area contributed by atoms with Gasteiger partial charge in [-0.05, 0) is 24.3 Å². The normalized spacial score (nSPS) is 22.3. The second-order valence-corrected chi connectivity index (χ2v) is 7.79. The van der Waals surface area contributed by atoms with Gasteiger partial charge in [-0.15, -0.1) is 22.7 Å². The first-order valence-electron chi connectivity index (χ1n) is 7.93. The Hall–Kier alpha value is -2.32. The van der Waals surface area contributed by atoms with Gasteiger partial charge in [0.25, 0.3) is 0 Å². The second kappa shape index (κ2) is 6.53. The molecule has 2 atom stereocenters. The third-order valence-electron chi connectivity index (χ3n) is 4.42. The molecule has 25 heavy (non-hydrogen) atoms. The standard InChI is InChI=1S/C17H15N3O3S2/c21-14(19-17-18-12(9-25-17)13-6-3-7-24-13)8-20-15(22)10-4-1-2-5-11(10)16(20)23/h1-3,6-7,9-11H,4-5,8H2,(H,18,19,21)/t10-,11-/m0/s1. The number of carbonyl (C=O) groups excluding carboxylic acids is 3. The number of hydrogen-bond donors (Lipinski definition) is 1. The number of rotatable bonds is 4. The molecule has 6 nitrogen and oxygen atoms in total. The zero-order chi connectivity index (χ0) is 17.4. The lowest BCUT2D eigenvalue weighted by molar-refractivity contribution is -0.142. The Morgan fingerprint density at radius 1 is 1.20 bits per heavy atom. The molecule has 3 amide bonds. The lowest BCUT2D eigenvalue weighted by Gasteiger charge is -2.14.